The van der Waals surface area contributed by atoms with Gasteiger partial charge in [0, 0.05) is 6.42 Å². The van der Waals surface area contributed by atoms with Crippen LogP contribution >= 0.6 is 0 Å². The molecule has 2 N–H and O–H groups in total. The standard InChI is InChI=1S/C16H19NO4/c1-4-12(18)14-13(15(19)17-16(14,20)5-2)10-6-8-11(21-3)9-7-10/h6-9,20H,4-5H2,1-3H3,(H,17,19). The third-order valence-corrected chi connectivity index (χ3v) is 3.70. The van der Waals surface area contributed by atoms with Gasteiger partial charge in [-0.2, -0.15) is 0 Å². The van der Waals surface area contributed by atoms with Crippen molar-refractivity contribution in [1.82, 2.24) is 5.32 Å². The molecule has 1 amide bonds. The molecule has 0 spiro atoms. The molecule has 0 fully saturated rings. The highest BCUT2D eigenvalue weighted by molar-refractivity contribution is 6.29. The van der Waals surface area contributed by atoms with Crippen LogP contribution in [0, 0.1) is 0 Å². The van der Waals surface area contributed by atoms with E-state index in [-0.39, 0.29) is 29.8 Å². The van der Waals surface area contributed by atoms with Gasteiger partial charge < -0.3 is 15.2 Å². The van der Waals surface area contributed by atoms with Crippen molar-refractivity contribution in [3.05, 3.63) is 35.4 Å². The first-order valence-electron chi connectivity index (χ1n) is 6.94. The molecule has 0 aliphatic carbocycles. The molecular weight excluding hydrogens is 270 g/mol. The van der Waals surface area contributed by atoms with E-state index in [0.29, 0.717) is 11.3 Å². The van der Waals surface area contributed by atoms with Crippen molar-refractivity contribution < 1.29 is 19.4 Å². The molecule has 1 unspecified atom stereocenters. The zero-order valence-electron chi connectivity index (χ0n) is 12.4. The number of carbonyl (C=O) groups is 2. The van der Waals surface area contributed by atoms with E-state index < -0.39 is 11.6 Å². The van der Waals surface area contributed by atoms with E-state index in [1.165, 1.54) is 0 Å². The van der Waals surface area contributed by atoms with Crippen LogP contribution in [0.25, 0.3) is 5.57 Å². The quantitative estimate of drug-likeness (QED) is 0.864. The Balaban J connectivity index is 2.60. The summed E-state index contributed by atoms with van der Waals surface area (Å²) >= 11 is 0. The number of amides is 1. The third kappa shape index (κ3) is 2.56. The number of benzene rings is 1. The molecule has 0 aromatic heterocycles. The number of rotatable bonds is 5. The highest BCUT2D eigenvalue weighted by atomic mass is 16.5. The molecule has 1 atom stereocenters. The van der Waals surface area contributed by atoms with Crippen molar-refractivity contribution in [3.63, 3.8) is 0 Å². The summed E-state index contributed by atoms with van der Waals surface area (Å²) in [5.74, 6) is -0.00305. The van der Waals surface area contributed by atoms with Crippen molar-refractivity contribution in [2.24, 2.45) is 0 Å². The number of Topliss-reactive ketones (excluding diaryl/α,β-unsaturated/α-hetero) is 1. The van der Waals surface area contributed by atoms with Crippen LogP contribution in [0.15, 0.2) is 29.8 Å². The maximum absolute atomic E-state index is 12.2. The molecule has 21 heavy (non-hydrogen) atoms. The monoisotopic (exact) mass is 289 g/mol. The molecule has 1 aromatic carbocycles. The second-order valence-electron chi connectivity index (χ2n) is 4.92. The van der Waals surface area contributed by atoms with E-state index in [0.717, 1.165) is 0 Å². The number of methoxy groups -OCH3 is 1. The average molecular weight is 289 g/mol. The number of hydrogen-bond acceptors (Lipinski definition) is 4. The topological polar surface area (TPSA) is 75.6 Å². The molecule has 1 heterocycles. The van der Waals surface area contributed by atoms with Gasteiger partial charge in [0.25, 0.3) is 5.91 Å². The highest BCUT2D eigenvalue weighted by Crippen LogP contribution is 2.35. The Bertz CT molecular complexity index is 603. The molecule has 5 heteroatoms. The number of nitrogens with one attached hydrogen (secondary N) is 1. The van der Waals surface area contributed by atoms with Crippen LogP contribution in [0.5, 0.6) is 5.75 Å². The third-order valence-electron chi connectivity index (χ3n) is 3.70. The van der Waals surface area contributed by atoms with Gasteiger partial charge in [-0.15, -0.1) is 0 Å². The minimum absolute atomic E-state index is 0.155. The van der Waals surface area contributed by atoms with Crippen molar-refractivity contribution in [2.75, 3.05) is 7.11 Å². The van der Waals surface area contributed by atoms with E-state index in [2.05, 4.69) is 5.32 Å². The van der Waals surface area contributed by atoms with Gasteiger partial charge in [-0.05, 0) is 24.1 Å². The molecule has 1 aliphatic heterocycles. The molecule has 0 saturated carbocycles. The molecule has 0 radical (unpaired) electrons. The fraction of sp³-hybridized carbons (Fsp3) is 0.375. The van der Waals surface area contributed by atoms with E-state index >= 15 is 0 Å². The van der Waals surface area contributed by atoms with Gasteiger partial charge in [0.15, 0.2) is 11.5 Å². The summed E-state index contributed by atoms with van der Waals surface area (Å²) in [6.45, 7) is 3.43. The molecule has 0 saturated heterocycles. The second kappa shape index (κ2) is 5.69. The Labute approximate surface area is 123 Å². The van der Waals surface area contributed by atoms with Crippen LogP contribution in [0.3, 0.4) is 0 Å². The van der Waals surface area contributed by atoms with E-state index in [1.807, 2.05) is 0 Å². The summed E-state index contributed by atoms with van der Waals surface area (Å²) in [7, 11) is 1.55. The Morgan fingerprint density at radius 2 is 1.90 bits per heavy atom. The van der Waals surface area contributed by atoms with Crippen molar-refractivity contribution in [2.45, 2.75) is 32.4 Å². The number of aliphatic hydroxyl groups is 1. The van der Waals surface area contributed by atoms with Crippen LogP contribution in [-0.4, -0.2) is 29.6 Å². The number of ether oxygens (including phenoxy) is 1. The lowest BCUT2D eigenvalue weighted by molar-refractivity contribution is -0.120. The molecule has 112 valence electrons. The number of hydrogen-bond donors (Lipinski definition) is 2. The minimum Gasteiger partial charge on any atom is -0.497 e. The first-order valence-corrected chi connectivity index (χ1v) is 6.94. The lowest BCUT2D eigenvalue weighted by atomic mass is 9.91. The second-order valence-corrected chi connectivity index (χ2v) is 4.92. The largest absolute Gasteiger partial charge is 0.497 e. The Kier molecular flexibility index (Phi) is 4.14. The van der Waals surface area contributed by atoms with Gasteiger partial charge >= 0.3 is 0 Å². The van der Waals surface area contributed by atoms with Crippen LogP contribution in [0.4, 0.5) is 0 Å². The Morgan fingerprint density at radius 3 is 2.38 bits per heavy atom. The zero-order chi connectivity index (χ0) is 15.6. The van der Waals surface area contributed by atoms with Gasteiger partial charge in [0.2, 0.25) is 0 Å². The fourth-order valence-corrected chi connectivity index (χ4v) is 2.48. The highest BCUT2D eigenvalue weighted by Gasteiger charge is 2.45. The van der Waals surface area contributed by atoms with Crippen molar-refractivity contribution >= 4 is 17.3 Å². The maximum Gasteiger partial charge on any atom is 0.254 e. The Morgan fingerprint density at radius 1 is 1.29 bits per heavy atom. The summed E-state index contributed by atoms with van der Waals surface area (Å²) in [5, 5.41) is 13.0. The molecular formula is C16H19NO4. The summed E-state index contributed by atoms with van der Waals surface area (Å²) in [6, 6.07) is 6.84. The van der Waals surface area contributed by atoms with Crippen LogP contribution in [0.1, 0.15) is 32.3 Å². The predicted molar refractivity (Wildman–Crippen MR) is 78.6 cm³/mol. The SMILES string of the molecule is CCC(=O)C1=C(c2ccc(OC)cc2)C(=O)NC1(O)CC. The van der Waals surface area contributed by atoms with Gasteiger partial charge in [-0.25, -0.2) is 0 Å². The van der Waals surface area contributed by atoms with Crippen molar-refractivity contribution in [3.8, 4) is 5.75 Å². The summed E-state index contributed by atoms with van der Waals surface area (Å²) in [5.41, 5.74) is -0.592. The van der Waals surface area contributed by atoms with E-state index in [1.54, 1.807) is 45.2 Å². The van der Waals surface area contributed by atoms with Gasteiger partial charge in [0.05, 0.1) is 18.3 Å². The normalized spacial score (nSPS) is 21.4. The molecule has 2 rings (SSSR count). The number of carbonyl (C=O) groups excluding carboxylic acids is 2. The molecule has 1 aromatic rings. The van der Waals surface area contributed by atoms with Crippen LogP contribution in [0.2, 0.25) is 0 Å². The van der Waals surface area contributed by atoms with Gasteiger partial charge in [0.1, 0.15) is 5.75 Å². The van der Waals surface area contributed by atoms with E-state index in [9.17, 15) is 14.7 Å². The summed E-state index contributed by atoms with van der Waals surface area (Å²) < 4.78 is 5.08. The zero-order valence-corrected chi connectivity index (χ0v) is 12.4. The predicted octanol–water partition coefficient (Wildman–Crippen LogP) is 1.66. The summed E-state index contributed by atoms with van der Waals surface area (Å²) in [6.07, 6.45) is 0.464. The first-order chi connectivity index (χ1) is 9.96. The van der Waals surface area contributed by atoms with Crippen molar-refractivity contribution in [1.29, 1.82) is 0 Å². The van der Waals surface area contributed by atoms with Crippen LogP contribution in [-0.2, 0) is 9.59 Å². The lowest BCUT2D eigenvalue weighted by Gasteiger charge is -2.23. The van der Waals surface area contributed by atoms with Crippen LogP contribution < -0.4 is 10.1 Å². The van der Waals surface area contributed by atoms with Gasteiger partial charge in [-0.1, -0.05) is 26.0 Å². The lowest BCUT2D eigenvalue weighted by Crippen LogP contribution is -2.45. The summed E-state index contributed by atoms with van der Waals surface area (Å²) in [4.78, 5) is 24.4. The molecule has 1 aliphatic rings. The molecule has 0 bridgehead atoms. The first kappa shape index (κ1) is 15.3. The number of ketones is 1. The smallest absolute Gasteiger partial charge is 0.254 e. The van der Waals surface area contributed by atoms with Gasteiger partial charge in [-0.3, -0.25) is 9.59 Å². The Hall–Kier alpha value is -2.14. The molecule has 5 nitrogen and oxygen atoms in total. The fourth-order valence-electron chi connectivity index (χ4n) is 2.48. The average Bonchev–Trinajstić information content (AvgIpc) is 2.78. The maximum atomic E-state index is 12.2. The minimum atomic E-state index is -1.58. The van der Waals surface area contributed by atoms with E-state index in [4.69, 9.17) is 4.74 Å².